The lowest BCUT2D eigenvalue weighted by atomic mass is 9.99. The molecule has 0 bridgehead atoms. The van der Waals surface area contributed by atoms with Crippen LogP contribution < -0.4 is 5.32 Å². The number of anilines is 1. The maximum atomic E-state index is 12.2. The number of aliphatic carboxylic acids is 1. The average Bonchev–Trinajstić information content (AvgIpc) is 2.42. The van der Waals surface area contributed by atoms with E-state index in [1.54, 1.807) is 23.1 Å². The van der Waals surface area contributed by atoms with Gasteiger partial charge in [-0.2, -0.15) is 0 Å². The highest BCUT2D eigenvalue weighted by Crippen LogP contribution is 2.23. The zero-order valence-corrected chi connectivity index (χ0v) is 13.5. The standard InChI is InChI=1S/C13H14ClIN2O3/c14-9-3-4-11(10(15)6-9)16-13(20)17-5-1-2-8(7-17)12(18)19/h3-4,6,8H,1-2,5,7H2,(H,16,20)(H,18,19). The number of urea groups is 1. The second kappa shape index (κ2) is 6.62. The molecule has 1 fully saturated rings. The summed E-state index contributed by atoms with van der Waals surface area (Å²) in [4.78, 5) is 24.7. The maximum Gasteiger partial charge on any atom is 0.321 e. The number of amides is 2. The number of nitrogens with one attached hydrogen (secondary N) is 1. The van der Waals surface area contributed by atoms with Crippen molar-refractivity contribution in [3.05, 3.63) is 26.8 Å². The van der Waals surface area contributed by atoms with Crippen LogP contribution in [0, 0.1) is 9.49 Å². The van der Waals surface area contributed by atoms with E-state index in [4.69, 9.17) is 16.7 Å². The van der Waals surface area contributed by atoms with Crippen molar-refractivity contribution in [1.82, 2.24) is 4.90 Å². The molecular weight excluding hydrogens is 395 g/mol. The number of nitrogens with zero attached hydrogens (tertiary/aromatic N) is 1. The third kappa shape index (κ3) is 3.76. The number of carbonyl (C=O) groups is 2. The summed E-state index contributed by atoms with van der Waals surface area (Å²) in [5, 5.41) is 12.4. The molecule has 1 aliphatic heterocycles. The molecule has 2 rings (SSSR count). The molecule has 0 aromatic heterocycles. The highest BCUT2D eigenvalue weighted by Gasteiger charge is 2.28. The molecule has 1 atom stereocenters. The Morgan fingerprint density at radius 2 is 2.20 bits per heavy atom. The molecule has 1 aromatic carbocycles. The van der Waals surface area contributed by atoms with Crippen LogP contribution in [0.4, 0.5) is 10.5 Å². The second-order valence-electron chi connectivity index (χ2n) is 4.68. The van der Waals surface area contributed by atoms with E-state index in [9.17, 15) is 9.59 Å². The molecule has 20 heavy (non-hydrogen) atoms. The number of rotatable bonds is 2. The van der Waals surface area contributed by atoms with Gasteiger partial charge < -0.3 is 15.3 Å². The van der Waals surface area contributed by atoms with Crippen molar-refractivity contribution < 1.29 is 14.7 Å². The molecule has 1 unspecified atom stereocenters. The van der Waals surface area contributed by atoms with Crippen LogP contribution in [0.15, 0.2) is 18.2 Å². The van der Waals surface area contributed by atoms with Gasteiger partial charge in [-0.3, -0.25) is 4.79 Å². The topological polar surface area (TPSA) is 69.6 Å². The Kier molecular flexibility index (Phi) is 5.09. The quantitative estimate of drug-likeness (QED) is 0.738. The fourth-order valence-corrected chi connectivity index (χ4v) is 3.15. The van der Waals surface area contributed by atoms with Crippen molar-refractivity contribution in [1.29, 1.82) is 0 Å². The molecule has 1 aromatic rings. The van der Waals surface area contributed by atoms with Crippen LogP contribution in [0.2, 0.25) is 5.02 Å². The predicted molar refractivity (Wildman–Crippen MR) is 85.1 cm³/mol. The van der Waals surface area contributed by atoms with Crippen LogP contribution in [0.1, 0.15) is 12.8 Å². The summed E-state index contributed by atoms with van der Waals surface area (Å²) in [6, 6.07) is 4.93. The number of benzene rings is 1. The molecule has 1 aliphatic rings. The monoisotopic (exact) mass is 408 g/mol. The van der Waals surface area contributed by atoms with Crippen molar-refractivity contribution in [2.45, 2.75) is 12.8 Å². The van der Waals surface area contributed by atoms with Crippen LogP contribution in [0.5, 0.6) is 0 Å². The van der Waals surface area contributed by atoms with Gasteiger partial charge in [-0.25, -0.2) is 4.79 Å². The average molecular weight is 409 g/mol. The Hall–Kier alpha value is -1.02. The zero-order valence-electron chi connectivity index (χ0n) is 10.6. The number of carboxylic acids is 1. The number of halogens is 2. The first kappa shape index (κ1) is 15.4. The molecule has 108 valence electrons. The van der Waals surface area contributed by atoms with Crippen molar-refractivity contribution in [2.24, 2.45) is 5.92 Å². The van der Waals surface area contributed by atoms with Gasteiger partial charge in [0.15, 0.2) is 0 Å². The summed E-state index contributed by atoms with van der Waals surface area (Å²) >= 11 is 7.96. The smallest absolute Gasteiger partial charge is 0.321 e. The Bertz CT molecular complexity index is 538. The Morgan fingerprint density at radius 3 is 2.85 bits per heavy atom. The summed E-state index contributed by atoms with van der Waals surface area (Å²) < 4.78 is 0.843. The van der Waals surface area contributed by atoms with Gasteiger partial charge in [-0.1, -0.05) is 11.6 Å². The summed E-state index contributed by atoms with van der Waals surface area (Å²) in [6.45, 7) is 0.838. The minimum absolute atomic E-state index is 0.255. The van der Waals surface area contributed by atoms with E-state index in [1.807, 2.05) is 0 Å². The highest BCUT2D eigenvalue weighted by atomic mass is 127. The lowest BCUT2D eigenvalue weighted by Crippen LogP contribution is -2.44. The van der Waals surface area contributed by atoms with Crippen LogP contribution in [0.3, 0.4) is 0 Å². The first-order chi connectivity index (χ1) is 9.47. The molecule has 0 spiro atoms. The minimum Gasteiger partial charge on any atom is -0.481 e. The van der Waals surface area contributed by atoms with Crippen LogP contribution in [-0.4, -0.2) is 35.1 Å². The van der Waals surface area contributed by atoms with Crippen molar-refractivity contribution in [2.75, 3.05) is 18.4 Å². The van der Waals surface area contributed by atoms with Gasteiger partial charge in [0.2, 0.25) is 0 Å². The summed E-state index contributed by atoms with van der Waals surface area (Å²) in [6.07, 6.45) is 1.33. The molecule has 0 radical (unpaired) electrons. The summed E-state index contributed by atoms with van der Waals surface area (Å²) in [5.74, 6) is -1.32. The fourth-order valence-electron chi connectivity index (χ4n) is 2.15. The number of carbonyl (C=O) groups excluding carboxylic acids is 1. The number of likely N-dealkylation sites (tertiary alicyclic amines) is 1. The predicted octanol–water partition coefficient (Wildman–Crippen LogP) is 3.27. The lowest BCUT2D eigenvalue weighted by Gasteiger charge is -2.30. The number of hydrogen-bond acceptors (Lipinski definition) is 2. The molecule has 1 heterocycles. The van der Waals surface area contributed by atoms with Crippen molar-refractivity contribution >= 4 is 51.9 Å². The number of carboxylic acid groups (broad SMARTS) is 1. The van der Waals surface area contributed by atoms with Gasteiger partial charge in [0.25, 0.3) is 0 Å². The van der Waals surface area contributed by atoms with E-state index in [-0.39, 0.29) is 12.6 Å². The first-order valence-electron chi connectivity index (χ1n) is 6.21. The molecule has 2 amide bonds. The lowest BCUT2D eigenvalue weighted by molar-refractivity contribution is -0.143. The van der Waals surface area contributed by atoms with Gasteiger partial charge in [0.1, 0.15) is 0 Å². The highest BCUT2D eigenvalue weighted by molar-refractivity contribution is 14.1. The molecular formula is C13H14ClIN2O3. The van der Waals surface area contributed by atoms with Gasteiger partial charge in [-0.05, 0) is 53.6 Å². The van der Waals surface area contributed by atoms with Gasteiger partial charge in [-0.15, -0.1) is 0 Å². The number of hydrogen-bond donors (Lipinski definition) is 2. The van der Waals surface area contributed by atoms with Crippen LogP contribution >= 0.6 is 34.2 Å². The number of piperidine rings is 1. The molecule has 7 heteroatoms. The maximum absolute atomic E-state index is 12.2. The van der Waals surface area contributed by atoms with E-state index in [1.165, 1.54) is 0 Å². The van der Waals surface area contributed by atoms with E-state index < -0.39 is 11.9 Å². The molecule has 5 nitrogen and oxygen atoms in total. The Labute approximate surface area is 135 Å². The SMILES string of the molecule is O=C(O)C1CCCN(C(=O)Nc2ccc(Cl)cc2I)C1. The van der Waals surface area contributed by atoms with E-state index >= 15 is 0 Å². The third-order valence-corrected chi connectivity index (χ3v) is 4.36. The summed E-state index contributed by atoms with van der Waals surface area (Å²) in [5.41, 5.74) is 0.678. The van der Waals surface area contributed by atoms with E-state index in [2.05, 4.69) is 27.9 Å². The van der Waals surface area contributed by atoms with Crippen LogP contribution in [0.25, 0.3) is 0 Å². The van der Waals surface area contributed by atoms with E-state index in [0.29, 0.717) is 30.1 Å². The Morgan fingerprint density at radius 1 is 1.45 bits per heavy atom. The molecule has 0 saturated carbocycles. The first-order valence-corrected chi connectivity index (χ1v) is 7.67. The molecule has 1 saturated heterocycles. The molecule has 0 aliphatic carbocycles. The second-order valence-corrected chi connectivity index (χ2v) is 6.28. The van der Waals surface area contributed by atoms with Gasteiger partial charge >= 0.3 is 12.0 Å². The summed E-state index contributed by atoms with van der Waals surface area (Å²) in [7, 11) is 0. The van der Waals surface area contributed by atoms with Gasteiger partial charge in [0, 0.05) is 21.7 Å². The fraction of sp³-hybridized carbons (Fsp3) is 0.385. The zero-order chi connectivity index (χ0) is 14.7. The van der Waals surface area contributed by atoms with Gasteiger partial charge in [0.05, 0.1) is 11.6 Å². The Balaban J connectivity index is 2.02. The van der Waals surface area contributed by atoms with Crippen LogP contribution in [-0.2, 0) is 4.79 Å². The third-order valence-electron chi connectivity index (χ3n) is 3.23. The molecule has 2 N–H and O–H groups in total. The minimum atomic E-state index is -0.844. The van der Waals surface area contributed by atoms with Crippen molar-refractivity contribution in [3.63, 3.8) is 0 Å². The normalized spacial score (nSPS) is 18.7. The van der Waals surface area contributed by atoms with E-state index in [0.717, 1.165) is 3.57 Å². The largest absolute Gasteiger partial charge is 0.481 e. The van der Waals surface area contributed by atoms with Crippen molar-refractivity contribution in [3.8, 4) is 0 Å².